The lowest BCUT2D eigenvalue weighted by atomic mass is 9.97. The smallest absolute Gasteiger partial charge is 0.253 e. The fourth-order valence-electron chi connectivity index (χ4n) is 1.70. The minimum Gasteiger partial charge on any atom is -0.341 e. The van der Waals surface area contributed by atoms with E-state index in [1.165, 1.54) is 0 Å². The Morgan fingerprint density at radius 1 is 1.43 bits per heavy atom. The van der Waals surface area contributed by atoms with Crippen LogP contribution in [-0.2, 0) is 6.42 Å². The van der Waals surface area contributed by atoms with Gasteiger partial charge in [-0.1, -0.05) is 6.07 Å². The highest BCUT2D eigenvalue weighted by molar-refractivity contribution is 5.97. The molecule has 3 heteroatoms. The normalized spacial score (nSPS) is 15.2. The molecule has 0 fully saturated rings. The number of nitrogens with zero attached hydrogens (tertiary/aromatic N) is 1. The van der Waals surface area contributed by atoms with Gasteiger partial charge in [0.15, 0.2) is 0 Å². The Morgan fingerprint density at radius 3 is 2.93 bits per heavy atom. The zero-order chi connectivity index (χ0) is 10.1. The van der Waals surface area contributed by atoms with Gasteiger partial charge in [0.1, 0.15) is 6.29 Å². The second-order valence-corrected chi connectivity index (χ2v) is 3.51. The molecule has 3 nitrogen and oxygen atoms in total. The molecule has 1 aliphatic rings. The highest BCUT2D eigenvalue weighted by Crippen LogP contribution is 2.18. The molecule has 1 heterocycles. The molecule has 1 aliphatic heterocycles. The molecule has 0 bridgehead atoms. The number of carbonyl (C=O) groups is 2. The maximum absolute atomic E-state index is 11.7. The van der Waals surface area contributed by atoms with Gasteiger partial charge in [-0.3, -0.25) is 9.59 Å². The SMILES string of the molecule is CN1CCc2cc(C=O)ccc2C1=O. The maximum atomic E-state index is 11.7. The summed E-state index contributed by atoms with van der Waals surface area (Å²) in [6.07, 6.45) is 1.64. The van der Waals surface area contributed by atoms with E-state index < -0.39 is 0 Å². The van der Waals surface area contributed by atoms with E-state index in [1.54, 1.807) is 30.1 Å². The molecular weight excluding hydrogens is 178 g/mol. The molecule has 0 spiro atoms. The Balaban J connectivity index is 2.48. The number of fused-ring (bicyclic) bond motifs is 1. The summed E-state index contributed by atoms with van der Waals surface area (Å²) in [4.78, 5) is 23.9. The molecule has 0 unspecified atom stereocenters. The topological polar surface area (TPSA) is 37.4 Å². The monoisotopic (exact) mass is 189 g/mol. The van der Waals surface area contributed by atoms with Crippen LogP contribution in [0.4, 0.5) is 0 Å². The van der Waals surface area contributed by atoms with E-state index in [0.717, 1.165) is 30.4 Å². The predicted molar refractivity (Wildman–Crippen MR) is 52.5 cm³/mol. The largest absolute Gasteiger partial charge is 0.341 e. The molecule has 0 aliphatic carbocycles. The molecule has 0 atom stereocenters. The molecule has 1 amide bonds. The fraction of sp³-hybridized carbons (Fsp3) is 0.273. The molecular formula is C11H11NO2. The lowest BCUT2D eigenvalue weighted by Crippen LogP contribution is -2.34. The molecule has 14 heavy (non-hydrogen) atoms. The van der Waals surface area contributed by atoms with Gasteiger partial charge in [-0.15, -0.1) is 0 Å². The van der Waals surface area contributed by atoms with Crippen LogP contribution in [0.15, 0.2) is 18.2 Å². The van der Waals surface area contributed by atoms with Crippen LogP contribution in [0.5, 0.6) is 0 Å². The van der Waals surface area contributed by atoms with E-state index in [1.807, 2.05) is 0 Å². The lowest BCUT2D eigenvalue weighted by molar-refractivity contribution is 0.0780. The van der Waals surface area contributed by atoms with Crippen molar-refractivity contribution >= 4 is 12.2 Å². The molecule has 0 aromatic heterocycles. The summed E-state index contributed by atoms with van der Waals surface area (Å²) in [7, 11) is 1.79. The van der Waals surface area contributed by atoms with Gasteiger partial charge in [0.2, 0.25) is 0 Å². The van der Waals surface area contributed by atoms with Crippen LogP contribution in [0.2, 0.25) is 0 Å². The quantitative estimate of drug-likeness (QED) is 0.621. The van der Waals surface area contributed by atoms with Crippen LogP contribution in [0.3, 0.4) is 0 Å². The summed E-state index contributed by atoms with van der Waals surface area (Å²) in [5.74, 6) is 0.0451. The first-order chi connectivity index (χ1) is 6.72. The van der Waals surface area contributed by atoms with Gasteiger partial charge in [0.05, 0.1) is 0 Å². The zero-order valence-electron chi connectivity index (χ0n) is 7.99. The van der Waals surface area contributed by atoms with Crippen LogP contribution in [-0.4, -0.2) is 30.7 Å². The number of carbonyl (C=O) groups excluding carboxylic acids is 2. The summed E-state index contributed by atoms with van der Waals surface area (Å²) in [6, 6.07) is 5.22. The van der Waals surface area contributed by atoms with Crippen LogP contribution < -0.4 is 0 Å². The fourth-order valence-corrected chi connectivity index (χ4v) is 1.70. The Kier molecular flexibility index (Phi) is 2.08. The third-order valence-electron chi connectivity index (χ3n) is 2.56. The van der Waals surface area contributed by atoms with Gasteiger partial charge in [-0.2, -0.15) is 0 Å². The molecule has 72 valence electrons. The minimum atomic E-state index is 0.0451. The van der Waals surface area contributed by atoms with Gasteiger partial charge >= 0.3 is 0 Å². The molecule has 0 saturated heterocycles. The third kappa shape index (κ3) is 1.31. The maximum Gasteiger partial charge on any atom is 0.253 e. The second-order valence-electron chi connectivity index (χ2n) is 3.51. The summed E-state index contributed by atoms with van der Waals surface area (Å²) in [5.41, 5.74) is 2.35. The van der Waals surface area contributed by atoms with Crippen molar-refractivity contribution < 1.29 is 9.59 Å². The molecule has 0 radical (unpaired) electrons. The number of likely N-dealkylation sites (N-methyl/N-ethyl adjacent to an activating group) is 1. The number of hydrogen-bond donors (Lipinski definition) is 0. The Labute approximate surface area is 82.3 Å². The first kappa shape index (κ1) is 8.94. The molecule has 1 aromatic rings. The van der Waals surface area contributed by atoms with E-state index in [4.69, 9.17) is 0 Å². The van der Waals surface area contributed by atoms with E-state index in [2.05, 4.69) is 0 Å². The van der Waals surface area contributed by atoms with Crippen molar-refractivity contribution in [3.63, 3.8) is 0 Å². The first-order valence-electron chi connectivity index (χ1n) is 4.56. The van der Waals surface area contributed by atoms with Crippen molar-refractivity contribution in [2.75, 3.05) is 13.6 Å². The molecule has 1 aromatic carbocycles. The third-order valence-corrected chi connectivity index (χ3v) is 2.56. The number of hydrogen-bond acceptors (Lipinski definition) is 2. The predicted octanol–water partition coefficient (Wildman–Crippen LogP) is 1.13. The summed E-state index contributed by atoms with van der Waals surface area (Å²) in [5, 5.41) is 0. The van der Waals surface area contributed by atoms with Crippen molar-refractivity contribution in [3.05, 3.63) is 34.9 Å². The summed E-state index contributed by atoms with van der Waals surface area (Å²) in [6.45, 7) is 0.730. The van der Waals surface area contributed by atoms with E-state index in [9.17, 15) is 9.59 Å². The van der Waals surface area contributed by atoms with Crippen molar-refractivity contribution in [2.24, 2.45) is 0 Å². The van der Waals surface area contributed by atoms with E-state index in [0.29, 0.717) is 5.56 Å². The van der Waals surface area contributed by atoms with Crippen LogP contribution in [0.1, 0.15) is 26.3 Å². The molecule has 0 N–H and O–H groups in total. The Morgan fingerprint density at radius 2 is 2.21 bits per heavy atom. The van der Waals surface area contributed by atoms with Gasteiger partial charge in [0, 0.05) is 24.7 Å². The highest BCUT2D eigenvalue weighted by atomic mass is 16.2. The Hall–Kier alpha value is -1.64. The minimum absolute atomic E-state index is 0.0451. The summed E-state index contributed by atoms with van der Waals surface area (Å²) >= 11 is 0. The number of benzene rings is 1. The van der Waals surface area contributed by atoms with E-state index >= 15 is 0 Å². The lowest BCUT2D eigenvalue weighted by Gasteiger charge is -2.24. The van der Waals surface area contributed by atoms with Gasteiger partial charge < -0.3 is 4.90 Å². The number of aldehydes is 1. The number of rotatable bonds is 1. The number of amides is 1. The van der Waals surface area contributed by atoms with Crippen LogP contribution in [0, 0.1) is 0 Å². The second kappa shape index (κ2) is 3.25. The van der Waals surface area contributed by atoms with E-state index in [-0.39, 0.29) is 5.91 Å². The van der Waals surface area contributed by atoms with Gasteiger partial charge in [0.25, 0.3) is 5.91 Å². The van der Waals surface area contributed by atoms with Crippen molar-refractivity contribution in [2.45, 2.75) is 6.42 Å². The van der Waals surface area contributed by atoms with Crippen molar-refractivity contribution in [1.29, 1.82) is 0 Å². The zero-order valence-corrected chi connectivity index (χ0v) is 7.99. The first-order valence-corrected chi connectivity index (χ1v) is 4.56. The van der Waals surface area contributed by atoms with Crippen molar-refractivity contribution in [3.8, 4) is 0 Å². The average molecular weight is 189 g/mol. The average Bonchev–Trinajstić information content (AvgIpc) is 2.23. The molecule has 2 rings (SSSR count). The van der Waals surface area contributed by atoms with Crippen molar-refractivity contribution in [1.82, 2.24) is 4.90 Å². The summed E-state index contributed by atoms with van der Waals surface area (Å²) < 4.78 is 0. The highest BCUT2D eigenvalue weighted by Gasteiger charge is 2.20. The van der Waals surface area contributed by atoms with Crippen LogP contribution >= 0.6 is 0 Å². The Bertz CT molecular complexity index is 398. The standard InChI is InChI=1S/C11H11NO2/c1-12-5-4-9-6-8(7-13)2-3-10(9)11(12)14/h2-3,6-7H,4-5H2,1H3. The van der Waals surface area contributed by atoms with Gasteiger partial charge in [-0.05, 0) is 24.1 Å². The van der Waals surface area contributed by atoms with Gasteiger partial charge in [-0.25, -0.2) is 0 Å². The van der Waals surface area contributed by atoms with Crippen LogP contribution in [0.25, 0.3) is 0 Å². The molecule has 0 saturated carbocycles.